The highest BCUT2D eigenvalue weighted by molar-refractivity contribution is 7.78. The largest absolute Gasteiger partial charge is 0.479 e. The number of thiocarbonyl (C=S) groups is 1. The van der Waals surface area contributed by atoms with E-state index < -0.39 is 12.0 Å². The fourth-order valence-corrected chi connectivity index (χ4v) is 0.976. The zero-order valence-electron chi connectivity index (χ0n) is 6.54. The van der Waals surface area contributed by atoms with Gasteiger partial charge in [-0.05, 0) is 29.9 Å². The Bertz CT molecular complexity index is 344. The number of isothiocyanates is 1. The summed E-state index contributed by atoms with van der Waals surface area (Å²) in [6, 6.07) is 2.18. The molecule has 1 rings (SSSR count). The van der Waals surface area contributed by atoms with Gasteiger partial charge >= 0.3 is 5.97 Å². The van der Waals surface area contributed by atoms with E-state index >= 15 is 0 Å². The fraction of sp³-hybridized carbons (Fsp3) is 0.125. The fourth-order valence-electron chi connectivity index (χ4n) is 0.871. The summed E-state index contributed by atoms with van der Waals surface area (Å²) in [6.07, 6.45) is 3.01. The standard InChI is InChI=1S/C8H6N2O2S/c11-8(12)7(10-5-13)6-1-3-9-4-2-6/h1-4,7H,(H,11,12). The van der Waals surface area contributed by atoms with Crippen LogP contribution in [-0.4, -0.2) is 21.2 Å². The van der Waals surface area contributed by atoms with Crippen molar-refractivity contribution in [1.82, 2.24) is 4.98 Å². The van der Waals surface area contributed by atoms with E-state index in [2.05, 4.69) is 27.4 Å². The SMILES string of the molecule is O=C(O)C(N=C=S)c1ccncc1. The van der Waals surface area contributed by atoms with E-state index in [0.717, 1.165) is 0 Å². The summed E-state index contributed by atoms with van der Waals surface area (Å²) >= 11 is 4.35. The molecule has 0 aromatic carbocycles. The van der Waals surface area contributed by atoms with Crippen LogP contribution in [0.2, 0.25) is 0 Å². The summed E-state index contributed by atoms with van der Waals surface area (Å²) in [5.74, 6) is -1.05. The van der Waals surface area contributed by atoms with Gasteiger partial charge in [0.2, 0.25) is 0 Å². The number of rotatable bonds is 3. The third kappa shape index (κ3) is 2.43. The molecule has 1 aromatic rings. The average molecular weight is 194 g/mol. The maximum absolute atomic E-state index is 10.7. The lowest BCUT2D eigenvalue weighted by Gasteiger charge is -2.03. The summed E-state index contributed by atoms with van der Waals surface area (Å²) in [6.45, 7) is 0. The van der Waals surface area contributed by atoms with Gasteiger partial charge in [-0.15, -0.1) is 0 Å². The maximum atomic E-state index is 10.7. The van der Waals surface area contributed by atoms with Crippen molar-refractivity contribution in [3.63, 3.8) is 0 Å². The molecule has 4 nitrogen and oxygen atoms in total. The van der Waals surface area contributed by atoms with E-state index in [9.17, 15) is 4.79 Å². The Morgan fingerprint density at radius 2 is 2.23 bits per heavy atom. The molecule has 1 N–H and O–H groups in total. The minimum atomic E-state index is -1.05. The number of aliphatic carboxylic acids is 1. The molecule has 13 heavy (non-hydrogen) atoms. The first-order valence-corrected chi connectivity index (χ1v) is 3.86. The number of nitrogens with zero attached hydrogens (tertiary/aromatic N) is 2. The summed E-state index contributed by atoms with van der Waals surface area (Å²) < 4.78 is 0. The van der Waals surface area contributed by atoms with Crippen LogP contribution in [0, 0.1) is 0 Å². The van der Waals surface area contributed by atoms with Gasteiger partial charge in [0.1, 0.15) is 0 Å². The summed E-state index contributed by atoms with van der Waals surface area (Å²) in [7, 11) is 0. The highest BCUT2D eigenvalue weighted by atomic mass is 32.1. The maximum Gasteiger partial charge on any atom is 0.333 e. The molecule has 1 unspecified atom stereocenters. The van der Waals surface area contributed by atoms with Gasteiger partial charge in [0.25, 0.3) is 0 Å². The highest BCUT2D eigenvalue weighted by Gasteiger charge is 2.17. The number of carboxylic acid groups (broad SMARTS) is 1. The van der Waals surface area contributed by atoms with Crippen molar-refractivity contribution in [2.75, 3.05) is 0 Å². The van der Waals surface area contributed by atoms with Crippen molar-refractivity contribution in [3.8, 4) is 0 Å². The molecular weight excluding hydrogens is 188 g/mol. The van der Waals surface area contributed by atoms with Gasteiger partial charge in [0, 0.05) is 12.4 Å². The van der Waals surface area contributed by atoms with Crippen molar-refractivity contribution < 1.29 is 9.90 Å². The van der Waals surface area contributed by atoms with Gasteiger partial charge in [-0.3, -0.25) is 4.98 Å². The molecule has 5 heteroatoms. The summed E-state index contributed by atoms with van der Waals surface area (Å²) in [4.78, 5) is 18.0. The average Bonchev–Trinajstić information content (AvgIpc) is 2.15. The molecule has 0 aliphatic rings. The van der Waals surface area contributed by atoms with Crippen LogP contribution in [0.15, 0.2) is 29.5 Å². The highest BCUT2D eigenvalue weighted by Crippen LogP contribution is 2.15. The van der Waals surface area contributed by atoms with Crippen molar-refractivity contribution in [1.29, 1.82) is 0 Å². The van der Waals surface area contributed by atoms with Gasteiger partial charge in [0.05, 0.1) is 5.16 Å². The molecule has 0 radical (unpaired) electrons. The molecule has 0 saturated heterocycles. The first-order chi connectivity index (χ1) is 6.25. The molecule has 1 aromatic heterocycles. The molecule has 0 aliphatic carbocycles. The van der Waals surface area contributed by atoms with Crippen molar-refractivity contribution in [3.05, 3.63) is 30.1 Å². The van der Waals surface area contributed by atoms with E-state index in [1.165, 1.54) is 12.4 Å². The zero-order chi connectivity index (χ0) is 9.68. The van der Waals surface area contributed by atoms with E-state index in [1.807, 2.05) is 0 Å². The Kier molecular flexibility index (Phi) is 3.25. The Hall–Kier alpha value is -1.58. The van der Waals surface area contributed by atoms with E-state index in [4.69, 9.17) is 5.11 Å². The molecule has 0 bridgehead atoms. The number of aliphatic imine (C=N–C) groups is 1. The lowest BCUT2D eigenvalue weighted by atomic mass is 10.1. The van der Waals surface area contributed by atoms with Crippen LogP contribution >= 0.6 is 12.2 Å². The molecule has 66 valence electrons. The molecular formula is C8H6N2O2S. The first kappa shape index (κ1) is 9.51. The second-order valence-electron chi connectivity index (χ2n) is 2.24. The Balaban J connectivity index is 3.02. The molecule has 0 saturated carbocycles. The minimum Gasteiger partial charge on any atom is -0.479 e. The number of hydrogen-bond acceptors (Lipinski definition) is 4. The Morgan fingerprint density at radius 1 is 1.62 bits per heavy atom. The van der Waals surface area contributed by atoms with Crippen LogP contribution in [0.25, 0.3) is 0 Å². The number of pyridine rings is 1. The van der Waals surface area contributed by atoms with Crippen LogP contribution in [0.4, 0.5) is 0 Å². The van der Waals surface area contributed by atoms with Crippen LogP contribution in [-0.2, 0) is 4.79 Å². The van der Waals surface area contributed by atoms with Crippen LogP contribution < -0.4 is 0 Å². The Morgan fingerprint density at radius 3 is 2.69 bits per heavy atom. The van der Waals surface area contributed by atoms with Crippen molar-refractivity contribution in [2.45, 2.75) is 6.04 Å². The third-order valence-corrected chi connectivity index (χ3v) is 1.54. The number of carboxylic acids is 1. The quantitative estimate of drug-likeness (QED) is 0.582. The molecule has 0 amide bonds. The minimum absolute atomic E-state index is 0.542. The van der Waals surface area contributed by atoms with Gasteiger partial charge in [0.15, 0.2) is 6.04 Å². The molecule has 1 atom stereocenters. The second kappa shape index (κ2) is 4.45. The topological polar surface area (TPSA) is 62.5 Å². The summed E-state index contributed by atoms with van der Waals surface area (Å²) in [5.41, 5.74) is 0.542. The molecule has 0 fully saturated rings. The van der Waals surface area contributed by atoms with E-state index in [-0.39, 0.29) is 0 Å². The molecule has 1 heterocycles. The van der Waals surface area contributed by atoms with Crippen LogP contribution in [0.5, 0.6) is 0 Å². The van der Waals surface area contributed by atoms with Gasteiger partial charge in [-0.2, -0.15) is 0 Å². The van der Waals surface area contributed by atoms with E-state index in [1.54, 1.807) is 12.1 Å². The normalized spacial score (nSPS) is 11.4. The third-order valence-electron chi connectivity index (χ3n) is 1.44. The Labute approximate surface area is 80.0 Å². The van der Waals surface area contributed by atoms with Crippen LogP contribution in [0.1, 0.15) is 11.6 Å². The lowest BCUT2D eigenvalue weighted by Crippen LogP contribution is -2.08. The van der Waals surface area contributed by atoms with Gasteiger partial charge in [-0.25, -0.2) is 9.79 Å². The van der Waals surface area contributed by atoms with Crippen molar-refractivity contribution >= 4 is 23.3 Å². The first-order valence-electron chi connectivity index (χ1n) is 3.45. The smallest absolute Gasteiger partial charge is 0.333 e. The van der Waals surface area contributed by atoms with Crippen molar-refractivity contribution in [2.24, 2.45) is 4.99 Å². The van der Waals surface area contributed by atoms with Crippen LogP contribution in [0.3, 0.4) is 0 Å². The zero-order valence-corrected chi connectivity index (χ0v) is 7.36. The number of aromatic nitrogens is 1. The number of carbonyl (C=O) groups is 1. The lowest BCUT2D eigenvalue weighted by molar-refractivity contribution is -0.138. The molecule has 0 spiro atoms. The van der Waals surface area contributed by atoms with E-state index in [0.29, 0.717) is 5.56 Å². The predicted molar refractivity (Wildman–Crippen MR) is 49.6 cm³/mol. The number of hydrogen-bond donors (Lipinski definition) is 1. The monoisotopic (exact) mass is 194 g/mol. The second-order valence-corrected chi connectivity index (χ2v) is 2.42. The van der Waals surface area contributed by atoms with Gasteiger partial charge < -0.3 is 5.11 Å². The predicted octanol–water partition coefficient (Wildman–Crippen LogP) is 1.31. The summed E-state index contributed by atoms with van der Waals surface area (Å²) in [5, 5.41) is 10.8. The molecule has 0 aliphatic heterocycles. The van der Waals surface area contributed by atoms with Gasteiger partial charge in [-0.1, -0.05) is 0 Å².